The molecule has 1 N–H and O–H groups in total. The number of benzene rings is 1. The fourth-order valence-electron chi connectivity index (χ4n) is 2.04. The molecule has 0 bridgehead atoms. The molecule has 0 saturated carbocycles. The van der Waals surface area contributed by atoms with Gasteiger partial charge in [-0.05, 0) is 18.6 Å². The second kappa shape index (κ2) is 6.05. The summed E-state index contributed by atoms with van der Waals surface area (Å²) >= 11 is 5.90. The highest BCUT2D eigenvalue weighted by Crippen LogP contribution is 2.26. The van der Waals surface area contributed by atoms with Gasteiger partial charge >= 0.3 is 5.69 Å². The van der Waals surface area contributed by atoms with E-state index in [9.17, 15) is 9.59 Å². The molecule has 1 aromatic heterocycles. The Kier molecular flexibility index (Phi) is 4.37. The van der Waals surface area contributed by atoms with Crippen LogP contribution in [0, 0.1) is 0 Å². The van der Waals surface area contributed by atoms with E-state index in [1.807, 2.05) is 0 Å². The van der Waals surface area contributed by atoms with E-state index in [2.05, 4.69) is 4.98 Å². The van der Waals surface area contributed by atoms with Gasteiger partial charge in [-0.3, -0.25) is 9.78 Å². The monoisotopic (exact) mass is 310 g/mol. The summed E-state index contributed by atoms with van der Waals surface area (Å²) < 4.78 is 11.3. The number of rotatable bonds is 4. The molecule has 21 heavy (non-hydrogen) atoms. The van der Waals surface area contributed by atoms with Crippen LogP contribution in [-0.2, 0) is 6.42 Å². The maximum Gasteiger partial charge on any atom is 0.334 e. The number of methoxy groups -OCH3 is 2. The van der Waals surface area contributed by atoms with E-state index in [1.165, 1.54) is 14.2 Å². The van der Waals surface area contributed by atoms with Crippen LogP contribution in [0.1, 0.15) is 12.5 Å². The highest BCUT2D eigenvalue weighted by atomic mass is 35.5. The molecule has 0 aliphatic heterocycles. The third-order valence-corrected chi connectivity index (χ3v) is 3.45. The quantitative estimate of drug-likeness (QED) is 0.873. The van der Waals surface area contributed by atoms with Gasteiger partial charge in [0.25, 0.3) is 5.56 Å². The summed E-state index contributed by atoms with van der Waals surface area (Å²) in [7, 11) is 2.97. The predicted octanol–water partition coefficient (Wildman–Crippen LogP) is 1.76. The van der Waals surface area contributed by atoms with E-state index in [4.69, 9.17) is 21.1 Å². The molecular weight excluding hydrogens is 296 g/mol. The smallest absolute Gasteiger partial charge is 0.334 e. The summed E-state index contributed by atoms with van der Waals surface area (Å²) in [5.74, 6) is 0.913. The largest absolute Gasteiger partial charge is 0.497 e. The molecule has 0 aliphatic rings. The summed E-state index contributed by atoms with van der Waals surface area (Å²) in [6.45, 7) is 1.79. The summed E-state index contributed by atoms with van der Waals surface area (Å²) in [4.78, 5) is 27.0. The molecule has 6 nitrogen and oxygen atoms in total. The lowest BCUT2D eigenvalue weighted by molar-refractivity contribution is 0.392. The first kappa shape index (κ1) is 15.2. The molecule has 2 rings (SSSR count). The predicted molar refractivity (Wildman–Crippen MR) is 80.2 cm³/mol. The van der Waals surface area contributed by atoms with Crippen molar-refractivity contribution in [2.45, 2.75) is 13.3 Å². The highest BCUT2D eigenvalue weighted by Gasteiger charge is 2.16. The maximum absolute atomic E-state index is 12.4. The molecule has 0 fully saturated rings. The zero-order valence-electron chi connectivity index (χ0n) is 11.9. The Bertz CT molecular complexity index is 780. The molecule has 112 valence electrons. The number of hydrogen-bond acceptors (Lipinski definition) is 4. The Balaban J connectivity index is 2.79. The van der Waals surface area contributed by atoms with Crippen LogP contribution in [0.2, 0.25) is 5.15 Å². The molecule has 0 aliphatic carbocycles. The molecule has 0 amide bonds. The van der Waals surface area contributed by atoms with Gasteiger partial charge in [0.2, 0.25) is 0 Å². The molecule has 0 saturated heterocycles. The number of hydrogen-bond donors (Lipinski definition) is 1. The van der Waals surface area contributed by atoms with Gasteiger partial charge in [0.15, 0.2) is 0 Å². The van der Waals surface area contributed by atoms with E-state index in [1.54, 1.807) is 25.1 Å². The molecule has 7 heteroatoms. The minimum absolute atomic E-state index is 0.0660. The van der Waals surface area contributed by atoms with Crippen molar-refractivity contribution in [3.8, 4) is 17.2 Å². The van der Waals surface area contributed by atoms with Gasteiger partial charge in [0, 0.05) is 6.07 Å². The average molecular weight is 311 g/mol. The van der Waals surface area contributed by atoms with Gasteiger partial charge in [-0.15, -0.1) is 0 Å². The molecule has 0 spiro atoms. The Labute approximate surface area is 125 Å². The molecule has 2 aromatic rings. The number of nitrogens with one attached hydrogen (secondary N) is 1. The zero-order valence-corrected chi connectivity index (χ0v) is 12.7. The summed E-state index contributed by atoms with van der Waals surface area (Å²) in [5, 5.41) is 0.0660. The molecule has 1 aromatic carbocycles. The van der Waals surface area contributed by atoms with Crippen molar-refractivity contribution in [2.24, 2.45) is 0 Å². The van der Waals surface area contributed by atoms with E-state index in [-0.39, 0.29) is 5.15 Å². The van der Waals surface area contributed by atoms with Crippen molar-refractivity contribution in [2.75, 3.05) is 14.2 Å². The SMILES string of the molecule is CCc1c(Cl)[nH]c(=O)n(-c2ccc(OC)cc2OC)c1=O. The van der Waals surface area contributed by atoms with Crippen molar-refractivity contribution >= 4 is 11.6 Å². The van der Waals surface area contributed by atoms with E-state index >= 15 is 0 Å². The highest BCUT2D eigenvalue weighted by molar-refractivity contribution is 6.30. The van der Waals surface area contributed by atoms with Gasteiger partial charge in [-0.2, -0.15) is 0 Å². The molecule has 1 heterocycles. The van der Waals surface area contributed by atoms with Gasteiger partial charge in [-0.25, -0.2) is 9.36 Å². The second-order valence-electron chi connectivity index (χ2n) is 4.25. The number of nitrogens with zero attached hydrogens (tertiary/aromatic N) is 1. The first-order chi connectivity index (χ1) is 10.0. The van der Waals surface area contributed by atoms with Crippen LogP contribution in [0.4, 0.5) is 0 Å². The van der Waals surface area contributed by atoms with Crippen LogP contribution in [0.3, 0.4) is 0 Å². The molecule has 0 unspecified atom stereocenters. The lowest BCUT2D eigenvalue weighted by atomic mass is 10.2. The van der Waals surface area contributed by atoms with Gasteiger partial charge in [0.1, 0.15) is 16.7 Å². The van der Waals surface area contributed by atoms with Crippen molar-refractivity contribution in [1.82, 2.24) is 9.55 Å². The lowest BCUT2D eigenvalue weighted by Crippen LogP contribution is -2.36. The molecular formula is C14H15ClN2O4. The number of ether oxygens (including phenoxy) is 2. The van der Waals surface area contributed by atoms with Crippen LogP contribution in [-0.4, -0.2) is 23.8 Å². The Hall–Kier alpha value is -2.21. The minimum Gasteiger partial charge on any atom is -0.497 e. The van der Waals surface area contributed by atoms with Crippen molar-refractivity contribution in [3.05, 3.63) is 49.8 Å². The molecule has 0 radical (unpaired) electrons. The summed E-state index contributed by atoms with van der Waals surface area (Å²) in [5.41, 5.74) is -0.412. The first-order valence-electron chi connectivity index (χ1n) is 6.29. The number of aromatic nitrogens is 2. The second-order valence-corrected chi connectivity index (χ2v) is 4.63. The number of H-pyrrole nitrogens is 1. The third-order valence-electron chi connectivity index (χ3n) is 3.13. The van der Waals surface area contributed by atoms with Crippen LogP contribution in [0.25, 0.3) is 5.69 Å². The Morgan fingerprint density at radius 3 is 2.52 bits per heavy atom. The number of halogens is 1. The number of aromatic amines is 1. The van der Waals surface area contributed by atoms with E-state index < -0.39 is 11.2 Å². The minimum atomic E-state index is -0.620. The van der Waals surface area contributed by atoms with Crippen LogP contribution < -0.4 is 20.7 Å². The van der Waals surface area contributed by atoms with Gasteiger partial charge in [-0.1, -0.05) is 18.5 Å². The van der Waals surface area contributed by atoms with Crippen molar-refractivity contribution < 1.29 is 9.47 Å². The van der Waals surface area contributed by atoms with E-state index in [0.29, 0.717) is 29.2 Å². The first-order valence-corrected chi connectivity index (χ1v) is 6.67. The van der Waals surface area contributed by atoms with Crippen LogP contribution in [0.5, 0.6) is 11.5 Å². The lowest BCUT2D eigenvalue weighted by Gasteiger charge is -2.12. The van der Waals surface area contributed by atoms with Crippen molar-refractivity contribution in [3.63, 3.8) is 0 Å². The Morgan fingerprint density at radius 1 is 1.24 bits per heavy atom. The normalized spacial score (nSPS) is 10.5. The van der Waals surface area contributed by atoms with Gasteiger partial charge in [0.05, 0.1) is 25.5 Å². The van der Waals surface area contributed by atoms with Crippen molar-refractivity contribution in [1.29, 1.82) is 0 Å². The maximum atomic E-state index is 12.4. The van der Waals surface area contributed by atoms with Gasteiger partial charge < -0.3 is 9.47 Å². The van der Waals surface area contributed by atoms with E-state index in [0.717, 1.165) is 4.57 Å². The van der Waals surface area contributed by atoms with Crippen LogP contribution in [0.15, 0.2) is 27.8 Å². The average Bonchev–Trinajstić information content (AvgIpc) is 2.47. The molecule has 0 atom stereocenters. The Morgan fingerprint density at radius 2 is 1.95 bits per heavy atom. The fraction of sp³-hybridized carbons (Fsp3) is 0.286. The standard InChI is InChI=1S/C14H15ClN2O4/c1-4-9-12(15)16-14(19)17(13(9)18)10-6-5-8(20-2)7-11(10)21-3/h5-7H,4H2,1-3H3,(H,16,19). The topological polar surface area (TPSA) is 73.3 Å². The zero-order chi connectivity index (χ0) is 15.6. The summed E-state index contributed by atoms with van der Waals surface area (Å²) in [6.07, 6.45) is 0.410. The fourth-order valence-corrected chi connectivity index (χ4v) is 2.34. The third kappa shape index (κ3) is 2.67. The summed E-state index contributed by atoms with van der Waals surface area (Å²) in [6, 6.07) is 4.83. The van der Waals surface area contributed by atoms with Crippen LogP contribution >= 0.6 is 11.6 Å².